The van der Waals surface area contributed by atoms with Crippen LogP contribution >= 0.6 is 11.3 Å². The van der Waals surface area contributed by atoms with E-state index in [1.54, 1.807) is 11.3 Å². The number of thiazole rings is 1. The minimum absolute atomic E-state index is 0.149. The number of hydrogen-bond donors (Lipinski definition) is 1. The van der Waals surface area contributed by atoms with Crippen LogP contribution in [0.15, 0.2) is 5.38 Å². The van der Waals surface area contributed by atoms with E-state index >= 15 is 0 Å². The molecule has 0 spiro atoms. The number of nitrogens with zero attached hydrogens (tertiary/aromatic N) is 1. The zero-order chi connectivity index (χ0) is 13.9. The third-order valence-corrected chi connectivity index (χ3v) is 4.63. The Hall–Kier alpha value is -0.450. The van der Waals surface area contributed by atoms with Crippen molar-refractivity contribution in [2.24, 2.45) is 5.41 Å². The highest BCUT2D eigenvalue weighted by Crippen LogP contribution is 2.34. The van der Waals surface area contributed by atoms with Crippen LogP contribution in [0.25, 0.3) is 0 Å². The van der Waals surface area contributed by atoms with Crippen LogP contribution in [0.5, 0.6) is 0 Å². The van der Waals surface area contributed by atoms with E-state index in [-0.39, 0.29) is 10.8 Å². The van der Waals surface area contributed by atoms with E-state index in [9.17, 15) is 0 Å². The van der Waals surface area contributed by atoms with Crippen LogP contribution in [0.2, 0.25) is 0 Å². The zero-order valence-electron chi connectivity index (χ0n) is 12.6. The average molecular weight is 282 g/mol. The molecule has 1 aliphatic heterocycles. The predicted molar refractivity (Wildman–Crippen MR) is 80.9 cm³/mol. The monoisotopic (exact) mass is 282 g/mol. The summed E-state index contributed by atoms with van der Waals surface area (Å²) in [6.07, 6.45) is 2.19. The summed E-state index contributed by atoms with van der Waals surface area (Å²) in [5.41, 5.74) is 1.61. The van der Waals surface area contributed by atoms with Gasteiger partial charge in [-0.3, -0.25) is 0 Å². The first-order valence-corrected chi connectivity index (χ1v) is 8.06. The maximum Gasteiger partial charge on any atom is 0.0935 e. The van der Waals surface area contributed by atoms with Crippen LogP contribution in [-0.4, -0.2) is 31.3 Å². The fourth-order valence-electron chi connectivity index (χ4n) is 2.44. The van der Waals surface area contributed by atoms with Gasteiger partial charge in [0.2, 0.25) is 0 Å². The quantitative estimate of drug-likeness (QED) is 0.901. The molecule has 1 unspecified atom stereocenters. The minimum Gasteiger partial charge on any atom is -0.381 e. The molecule has 0 saturated carbocycles. The Kier molecular flexibility index (Phi) is 4.64. The Labute approximate surface area is 120 Å². The van der Waals surface area contributed by atoms with E-state index in [4.69, 9.17) is 9.72 Å². The Bertz CT molecular complexity index is 403. The molecule has 108 valence electrons. The van der Waals surface area contributed by atoms with Crippen molar-refractivity contribution in [3.8, 4) is 0 Å². The standard InChI is InChI=1S/C15H26N2OS/c1-5-16-10-15(6-7-18-11-15)8-13-17-12(9-19-13)14(2,3)4/h9,16H,5-8,10-11H2,1-4H3. The highest BCUT2D eigenvalue weighted by molar-refractivity contribution is 7.09. The molecule has 0 aromatic carbocycles. The number of rotatable bonds is 5. The van der Waals surface area contributed by atoms with E-state index in [0.29, 0.717) is 0 Å². The topological polar surface area (TPSA) is 34.2 Å². The van der Waals surface area contributed by atoms with Crippen molar-refractivity contribution in [1.29, 1.82) is 0 Å². The number of ether oxygens (including phenoxy) is 1. The fourth-order valence-corrected chi connectivity index (χ4v) is 3.63. The van der Waals surface area contributed by atoms with Gasteiger partial charge in [0.25, 0.3) is 0 Å². The highest BCUT2D eigenvalue weighted by Gasteiger charge is 2.35. The molecule has 1 aromatic rings. The second kappa shape index (κ2) is 5.90. The van der Waals surface area contributed by atoms with Gasteiger partial charge in [-0.15, -0.1) is 11.3 Å². The molecule has 0 radical (unpaired) electrons. The van der Waals surface area contributed by atoms with Crippen LogP contribution in [0.3, 0.4) is 0 Å². The average Bonchev–Trinajstić information content (AvgIpc) is 2.96. The molecule has 1 aliphatic rings. The van der Waals surface area contributed by atoms with E-state index in [1.165, 1.54) is 10.7 Å². The first-order chi connectivity index (χ1) is 8.95. The van der Waals surface area contributed by atoms with Crippen molar-refractivity contribution in [3.05, 3.63) is 16.1 Å². The number of aromatic nitrogens is 1. The molecular weight excluding hydrogens is 256 g/mol. The third kappa shape index (κ3) is 3.77. The first kappa shape index (κ1) is 14.9. The van der Waals surface area contributed by atoms with Crippen LogP contribution in [0.4, 0.5) is 0 Å². The molecule has 3 nitrogen and oxygen atoms in total. The SMILES string of the molecule is CCNCC1(Cc2nc(C(C)(C)C)cs2)CCOC1. The van der Waals surface area contributed by atoms with Crippen molar-refractivity contribution in [1.82, 2.24) is 10.3 Å². The molecular formula is C15H26N2OS. The van der Waals surface area contributed by atoms with Gasteiger partial charge in [0.15, 0.2) is 0 Å². The summed E-state index contributed by atoms with van der Waals surface area (Å²) in [4.78, 5) is 4.83. The van der Waals surface area contributed by atoms with E-state index in [1.807, 2.05) is 0 Å². The molecule has 2 rings (SSSR count). The zero-order valence-corrected chi connectivity index (χ0v) is 13.4. The molecule has 2 heterocycles. The predicted octanol–water partition coefficient (Wildman–Crippen LogP) is 3.00. The van der Waals surface area contributed by atoms with Gasteiger partial charge in [-0.25, -0.2) is 4.98 Å². The highest BCUT2D eigenvalue weighted by atomic mass is 32.1. The van der Waals surface area contributed by atoms with Crippen LogP contribution in [0, 0.1) is 5.41 Å². The Morgan fingerprint density at radius 3 is 2.79 bits per heavy atom. The van der Waals surface area contributed by atoms with Gasteiger partial charge in [-0.2, -0.15) is 0 Å². The van der Waals surface area contributed by atoms with Gasteiger partial charge in [-0.05, 0) is 13.0 Å². The number of hydrogen-bond acceptors (Lipinski definition) is 4. The molecule has 1 aromatic heterocycles. The van der Waals surface area contributed by atoms with Crippen molar-refractivity contribution in [2.45, 2.75) is 46.0 Å². The molecule has 1 saturated heterocycles. The minimum atomic E-state index is 0.149. The second-order valence-electron chi connectivity index (χ2n) is 6.64. The van der Waals surface area contributed by atoms with E-state index in [2.05, 4.69) is 38.4 Å². The second-order valence-corrected chi connectivity index (χ2v) is 7.58. The Balaban J connectivity index is 2.07. The molecule has 1 atom stereocenters. The largest absolute Gasteiger partial charge is 0.381 e. The lowest BCUT2D eigenvalue weighted by atomic mass is 9.84. The van der Waals surface area contributed by atoms with Gasteiger partial charge in [0.05, 0.1) is 17.3 Å². The molecule has 1 N–H and O–H groups in total. The van der Waals surface area contributed by atoms with Crippen molar-refractivity contribution in [3.63, 3.8) is 0 Å². The lowest BCUT2D eigenvalue weighted by Crippen LogP contribution is -2.36. The molecule has 19 heavy (non-hydrogen) atoms. The molecule has 1 fully saturated rings. The van der Waals surface area contributed by atoms with Crippen molar-refractivity contribution >= 4 is 11.3 Å². The van der Waals surface area contributed by atoms with Crippen LogP contribution < -0.4 is 5.32 Å². The summed E-state index contributed by atoms with van der Waals surface area (Å²) < 4.78 is 5.64. The van der Waals surface area contributed by atoms with E-state index < -0.39 is 0 Å². The van der Waals surface area contributed by atoms with Gasteiger partial charge in [-0.1, -0.05) is 27.7 Å². The summed E-state index contributed by atoms with van der Waals surface area (Å²) in [6.45, 7) is 12.6. The molecule has 0 amide bonds. The van der Waals surface area contributed by atoms with Gasteiger partial charge >= 0.3 is 0 Å². The molecule has 0 bridgehead atoms. The smallest absolute Gasteiger partial charge is 0.0935 e. The Morgan fingerprint density at radius 1 is 1.47 bits per heavy atom. The molecule has 4 heteroatoms. The van der Waals surface area contributed by atoms with Crippen LogP contribution in [-0.2, 0) is 16.6 Å². The first-order valence-electron chi connectivity index (χ1n) is 7.19. The third-order valence-electron chi connectivity index (χ3n) is 3.78. The maximum absolute atomic E-state index is 5.64. The van der Waals surface area contributed by atoms with Gasteiger partial charge in [0.1, 0.15) is 0 Å². The van der Waals surface area contributed by atoms with Crippen molar-refractivity contribution in [2.75, 3.05) is 26.3 Å². The summed E-state index contributed by atoms with van der Waals surface area (Å²) in [5, 5.41) is 6.96. The fraction of sp³-hybridized carbons (Fsp3) is 0.800. The summed E-state index contributed by atoms with van der Waals surface area (Å²) in [7, 11) is 0. The Morgan fingerprint density at radius 2 is 2.26 bits per heavy atom. The van der Waals surface area contributed by atoms with Gasteiger partial charge in [0, 0.05) is 35.8 Å². The van der Waals surface area contributed by atoms with Gasteiger partial charge < -0.3 is 10.1 Å². The summed E-state index contributed by atoms with van der Waals surface area (Å²) in [6, 6.07) is 0. The molecule has 0 aliphatic carbocycles. The normalized spacial score (nSPS) is 24.0. The lowest BCUT2D eigenvalue weighted by molar-refractivity contribution is 0.149. The maximum atomic E-state index is 5.64. The number of nitrogens with one attached hydrogen (secondary N) is 1. The van der Waals surface area contributed by atoms with E-state index in [0.717, 1.165) is 39.1 Å². The van der Waals surface area contributed by atoms with Crippen LogP contribution in [0.1, 0.15) is 44.8 Å². The van der Waals surface area contributed by atoms with Crippen molar-refractivity contribution < 1.29 is 4.74 Å². The lowest BCUT2D eigenvalue weighted by Gasteiger charge is -2.26. The summed E-state index contributed by atoms with van der Waals surface area (Å²) in [5.74, 6) is 0. The summed E-state index contributed by atoms with van der Waals surface area (Å²) >= 11 is 1.80.